The predicted molar refractivity (Wildman–Crippen MR) is 107 cm³/mol. The third kappa shape index (κ3) is 11.4. The van der Waals surface area contributed by atoms with Crippen LogP contribution in [-0.4, -0.2) is 22.8 Å². The molecule has 0 atom stereocenters. The normalized spacial score (nSPS) is 14.8. The summed E-state index contributed by atoms with van der Waals surface area (Å²) in [6.45, 7) is 2.22. The second-order valence-corrected chi connectivity index (χ2v) is 7.03. The van der Waals surface area contributed by atoms with Gasteiger partial charge in [0.1, 0.15) is 0 Å². The van der Waals surface area contributed by atoms with Crippen molar-refractivity contribution >= 4 is 17.8 Å². The van der Waals surface area contributed by atoms with E-state index in [2.05, 4.69) is 31.2 Å². The van der Waals surface area contributed by atoms with E-state index in [1.54, 1.807) is 0 Å². The number of amides is 2. The van der Waals surface area contributed by atoms with Crippen LogP contribution >= 0.6 is 0 Å². The van der Waals surface area contributed by atoms with Crippen LogP contribution in [0.4, 0.5) is 0 Å². The fourth-order valence-corrected chi connectivity index (χ4v) is 2.89. The molecule has 1 aliphatic rings. The summed E-state index contributed by atoms with van der Waals surface area (Å²) >= 11 is 0. The van der Waals surface area contributed by atoms with Crippen LogP contribution in [0.2, 0.25) is 0 Å². The maximum absolute atomic E-state index is 11.6. The van der Waals surface area contributed by atoms with Crippen LogP contribution < -0.4 is 0 Å². The molecule has 0 unspecified atom stereocenters. The van der Waals surface area contributed by atoms with Crippen LogP contribution in [0.1, 0.15) is 96.8 Å². The molecule has 2 amide bonds. The van der Waals surface area contributed by atoms with E-state index in [0.29, 0.717) is 5.06 Å². The molecule has 5 nitrogen and oxygen atoms in total. The predicted octanol–water partition coefficient (Wildman–Crippen LogP) is 5.41. The van der Waals surface area contributed by atoms with Crippen molar-refractivity contribution in [2.24, 2.45) is 0 Å². The van der Waals surface area contributed by atoms with Gasteiger partial charge in [0, 0.05) is 19.3 Å². The molecule has 0 bridgehead atoms. The fourth-order valence-electron chi connectivity index (χ4n) is 2.89. The van der Waals surface area contributed by atoms with Crippen LogP contribution in [0, 0.1) is 0 Å². The van der Waals surface area contributed by atoms with Gasteiger partial charge in [0.15, 0.2) is 0 Å². The van der Waals surface area contributed by atoms with Gasteiger partial charge >= 0.3 is 5.97 Å². The molecule has 5 heteroatoms. The SMILES string of the molecule is CCCCC/C=C\C/C=C\CCCCCCCC(=O)ON1C(=O)CCC1=O. The number of imide groups is 1. The van der Waals surface area contributed by atoms with E-state index >= 15 is 0 Å². The van der Waals surface area contributed by atoms with Crippen LogP contribution in [0.15, 0.2) is 24.3 Å². The highest BCUT2D eigenvalue weighted by atomic mass is 16.7. The van der Waals surface area contributed by atoms with Crippen molar-refractivity contribution in [1.29, 1.82) is 0 Å². The highest BCUT2D eigenvalue weighted by Gasteiger charge is 2.32. The zero-order valence-electron chi connectivity index (χ0n) is 16.8. The molecule has 0 saturated carbocycles. The van der Waals surface area contributed by atoms with Gasteiger partial charge in [-0.05, 0) is 38.5 Å². The molecular weight excluding hydrogens is 342 g/mol. The summed E-state index contributed by atoms with van der Waals surface area (Å²) in [5.74, 6) is -1.34. The summed E-state index contributed by atoms with van der Waals surface area (Å²) < 4.78 is 0. The summed E-state index contributed by atoms with van der Waals surface area (Å²) in [4.78, 5) is 39.2. The molecule has 0 aromatic rings. The average molecular weight is 378 g/mol. The molecular formula is C22H35NO4. The number of unbranched alkanes of at least 4 members (excludes halogenated alkanes) is 8. The number of allylic oxidation sites excluding steroid dienone is 4. The number of carbonyl (C=O) groups is 3. The lowest BCUT2D eigenvalue weighted by Gasteiger charge is -2.12. The molecule has 152 valence electrons. The van der Waals surface area contributed by atoms with Gasteiger partial charge < -0.3 is 4.84 Å². The van der Waals surface area contributed by atoms with Crippen molar-refractivity contribution in [3.63, 3.8) is 0 Å². The van der Waals surface area contributed by atoms with Crippen molar-refractivity contribution in [2.75, 3.05) is 0 Å². The Morgan fingerprint density at radius 1 is 0.852 bits per heavy atom. The van der Waals surface area contributed by atoms with Crippen molar-refractivity contribution in [3.8, 4) is 0 Å². The van der Waals surface area contributed by atoms with E-state index in [0.717, 1.165) is 44.9 Å². The summed E-state index contributed by atoms with van der Waals surface area (Å²) in [7, 11) is 0. The van der Waals surface area contributed by atoms with Gasteiger partial charge in [0.2, 0.25) is 0 Å². The minimum absolute atomic E-state index is 0.135. The molecule has 0 spiro atoms. The first kappa shape index (κ1) is 23.1. The van der Waals surface area contributed by atoms with Crippen molar-refractivity contribution in [1.82, 2.24) is 5.06 Å². The van der Waals surface area contributed by atoms with E-state index in [1.807, 2.05) is 0 Å². The molecule has 1 saturated heterocycles. The van der Waals surface area contributed by atoms with Gasteiger partial charge in [-0.3, -0.25) is 9.59 Å². The Hall–Kier alpha value is -1.91. The van der Waals surface area contributed by atoms with Crippen LogP contribution in [0.25, 0.3) is 0 Å². The molecule has 0 radical (unpaired) electrons. The number of carbonyl (C=O) groups excluding carboxylic acids is 3. The second kappa shape index (κ2) is 15.2. The lowest BCUT2D eigenvalue weighted by atomic mass is 10.1. The van der Waals surface area contributed by atoms with Gasteiger partial charge in [0.25, 0.3) is 11.8 Å². The first-order chi connectivity index (χ1) is 13.1. The summed E-state index contributed by atoms with van der Waals surface area (Å²) in [5.41, 5.74) is 0. The minimum Gasteiger partial charge on any atom is -0.330 e. The average Bonchev–Trinajstić information content (AvgIpc) is 2.97. The highest BCUT2D eigenvalue weighted by molar-refractivity contribution is 6.01. The van der Waals surface area contributed by atoms with Crippen LogP contribution in [-0.2, 0) is 19.2 Å². The smallest absolute Gasteiger partial charge is 0.330 e. The van der Waals surface area contributed by atoms with Gasteiger partial charge in [-0.15, -0.1) is 5.06 Å². The number of nitrogens with zero attached hydrogens (tertiary/aromatic N) is 1. The fraction of sp³-hybridized carbons (Fsp3) is 0.682. The first-order valence-corrected chi connectivity index (χ1v) is 10.5. The Morgan fingerprint density at radius 3 is 2.04 bits per heavy atom. The molecule has 0 aliphatic carbocycles. The lowest BCUT2D eigenvalue weighted by Crippen LogP contribution is -2.31. The Labute approximate surface area is 163 Å². The maximum atomic E-state index is 11.6. The first-order valence-electron chi connectivity index (χ1n) is 10.5. The zero-order valence-corrected chi connectivity index (χ0v) is 16.8. The topological polar surface area (TPSA) is 63.7 Å². The molecule has 1 heterocycles. The Morgan fingerprint density at radius 2 is 1.41 bits per heavy atom. The standard InChI is InChI=1S/C22H35NO4/c1-2-3-4-5-6-7-8-9-10-11-12-13-14-15-16-17-22(26)27-23-20(24)18-19-21(23)25/h6-7,9-10H,2-5,8,11-19H2,1H3/b7-6-,10-9-. The van der Waals surface area contributed by atoms with Gasteiger partial charge in [0.05, 0.1) is 0 Å². The van der Waals surface area contributed by atoms with E-state index < -0.39 is 17.8 Å². The molecule has 1 fully saturated rings. The van der Waals surface area contributed by atoms with Gasteiger partial charge in [-0.25, -0.2) is 4.79 Å². The molecule has 0 aromatic heterocycles. The quantitative estimate of drug-likeness (QED) is 0.217. The third-order valence-electron chi connectivity index (χ3n) is 4.53. The lowest BCUT2D eigenvalue weighted by molar-refractivity contribution is -0.197. The minimum atomic E-state index is -0.496. The maximum Gasteiger partial charge on any atom is 0.333 e. The Bertz CT molecular complexity index is 494. The summed E-state index contributed by atoms with van der Waals surface area (Å²) in [5, 5.41) is 0.620. The molecule has 27 heavy (non-hydrogen) atoms. The Kier molecular flexibility index (Phi) is 13.0. The van der Waals surface area contributed by atoms with Crippen molar-refractivity contribution < 1.29 is 19.2 Å². The molecule has 1 aliphatic heterocycles. The van der Waals surface area contributed by atoms with E-state index in [9.17, 15) is 14.4 Å². The zero-order chi connectivity index (χ0) is 19.7. The van der Waals surface area contributed by atoms with Gasteiger partial charge in [-0.2, -0.15) is 0 Å². The van der Waals surface area contributed by atoms with Crippen LogP contribution in [0.5, 0.6) is 0 Å². The van der Waals surface area contributed by atoms with E-state index in [4.69, 9.17) is 4.84 Å². The largest absolute Gasteiger partial charge is 0.333 e. The van der Waals surface area contributed by atoms with Crippen LogP contribution in [0.3, 0.4) is 0 Å². The Balaban J connectivity index is 1.90. The number of rotatable bonds is 15. The highest BCUT2D eigenvalue weighted by Crippen LogP contribution is 2.14. The summed E-state index contributed by atoms with van der Waals surface area (Å²) in [6, 6.07) is 0. The van der Waals surface area contributed by atoms with Crippen molar-refractivity contribution in [2.45, 2.75) is 96.8 Å². The number of hydroxylamine groups is 2. The molecule has 1 rings (SSSR count). The molecule has 0 aromatic carbocycles. The van der Waals surface area contributed by atoms with Gasteiger partial charge in [-0.1, -0.05) is 63.3 Å². The second-order valence-electron chi connectivity index (χ2n) is 7.03. The summed E-state index contributed by atoms with van der Waals surface area (Å²) in [6.07, 6.45) is 21.8. The third-order valence-corrected chi connectivity index (χ3v) is 4.53. The van der Waals surface area contributed by atoms with E-state index in [1.165, 1.54) is 25.7 Å². The van der Waals surface area contributed by atoms with E-state index in [-0.39, 0.29) is 19.3 Å². The number of hydrogen-bond donors (Lipinski definition) is 0. The molecule has 0 N–H and O–H groups in total. The monoisotopic (exact) mass is 377 g/mol. The van der Waals surface area contributed by atoms with Crippen molar-refractivity contribution in [3.05, 3.63) is 24.3 Å². The number of hydrogen-bond acceptors (Lipinski definition) is 4.